The SMILES string of the molecule is NNC(=O)c1cc(Cl)c(OCc2ccc(Br)cc2)c(Br)c1. The van der Waals surface area contributed by atoms with Gasteiger partial charge in [0.15, 0.2) is 5.75 Å². The number of hydrazine groups is 1. The third-order valence-electron chi connectivity index (χ3n) is 2.69. The van der Waals surface area contributed by atoms with Crippen LogP contribution in [0.15, 0.2) is 45.3 Å². The Bertz CT molecular complexity index is 640. The number of ether oxygens (including phenoxy) is 1. The molecular formula is C14H11Br2ClN2O2. The zero-order valence-electron chi connectivity index (χ0n) is 10.7. The van der Waals surface area contributed by atoms with Crippen molar-refractivity contribution in [1.29, 1.82) is 0 Å². The molecule has 0 aromatic heterocycles. The molecular weight excluding hydrogens is 423 g/mol. The van der Waals surface area contributed by atoms with Gasteiger partial charge >= 0.3 is 0 Å². The molecule has 2 rings (SSSR count). The molecule has 0 radical (unpaired) electrons. The molecule has 0 spiro atoms. The number of amides is 1. The summed E-state index contributed by atoms with van der Waals surface area (Å²) in [5.41, 5.74) is 3.41. The van der Waals surface area contributed by atoms with Crippen LogP contribution >= 0.6 is 43.5 Å². The fourth-order valence-corrected chi connectivity index (χ4v) is 2.88. The maximum absolute atomic E-state index is 11.5. The first-order valence-corrected chi connectivity index (χ1v) is 7.85. The highest BCUT2D eigenvalue weighted by Crippen LogP contribution is 2.35. The summed E-state index contributed by atoms with van der Waals surface area (Å²) < 4.78 is 7.30. The van der Waals surface area contributed by atoms with Crippen molar-refractivity contribution in [2.24, 2.45) is 5.84 Å². The Kier molecular flexibility index (Phi) is 5.64. The topological polar surface area (TPSA) is 64.3 Å². The summed E-state index contributed by atoms with van der Waals surface area (Å²) in [6, 6.07) is 10.9. The highest BCUT2D eigenvalue weighted by molar-refractivity contribution is 9.10. The van der Waals surface area contributed by atoms with Gasteiger partial charge in [-0.15, -0.1) is 0 Å². The number of carbonyl (C=O) groups excluding carboxylic acids is 1. The van der Waals surface area contributed by atoms with Gasteiger partial charge in [0.05, 0.1) is 9.50 Å². The standard InChI is InChI=1S/C14H11Br2ClN2O2/c15-10-3-1-8(2-4-10)7-21-13-11(16)5-9(6-12(13)17)14(20)19-18/h1-6H,7,18H2,(H,19,20). The average Bonchev–Trinajstić information content (AvgIpc) is 2.47. The Morgan fingerprint density at radius 3 is 2.48 bits per heavy atom. The summed E-state index contributed by atoms with van der Waals surface area (Å²) in [4.78, 5) is 11.5. The molecule has 0 unspecified atom stereocenters. The van der Waals surface area contributed by atoms with E-state index in [4.69, 9.17) is 22.2 Å². The average molecular weight is 435 g/mol. The quantitative estimate of drug-likeness (QED) is 0.434. The molecule has 4 nitrogen and oxygen atoms in total. The smallest absolute Gasteiger partial charge is 0.265 e. The van der Waals surface area contributed by atoms with Crippen molar-refractivity contribution in [3.8, 4) is 5.75 Å². The van der Waals surface area contributed by atoms with Crippen LogP contribution in [0, 0.1) is 0 Å². The molecule has 0 saturated carbocycles. The summed E-state index contributed by atoms with van der Waals surface area (Å²) in [6.07, 6.45) is 0. The molecule has 0 saturated heterocycles. The number of nitrogens with two attached hydrogens (primary N) is 1. The van der Waals surface area contributed by atoms with Crippen molar-refractivity contribution in [1.82, 2.24) is 5.43 Å². The van der Waals surface area contributed by atoms with Crippen LogP contribution in [0.2, 0.25) is 5.02 Å². The van der Waals surface area contributed by atoms with Gasteiger partial charge in [0, 0.05) is 10.0 Å². The van der Waals surface area contributed by atoms with Gasteiger partial charge in [-0.3, -0.25) is 10.2 Å². The van der Waals surface area contributed by atoms with Crippen molar-refractivity contribution in [3.63, 3.8) is 0 Å². The first kappa shape index (κ1) is 16.3. The van der Waals surface area contributed by atoms with Crippen molar-refractivity contribution in [2.75, 3.05) is 0 Å². The number of nitrogens with one attached hydrogen (secondary N) is 1. The van der Waals surface area contributed by atoms with E-state index < -0.39 is 5.91 Å². The third-order valence-corrected chi connectivity index (χ3v) is 4.09. The van der Waals surface area contributed by atoms with E-state index in [9.17, 15) is 4.79 Å². The van der Waals surface area contributed by atoms with E-state index in [0.29, 0.717) is 27.4 Å². The van der Waals surface area contributed by atoms with Crippen LogP contribution in [-0.2, 0) is 6.61 Å². The maximum atomic E-state index is 11.5. The minimum absolute atomic E-state index is 0.333. The molecule has 0 bridgehead atoms. The summed E-state index contributed by atoms with van der Waals surface area (Å²) >= 11 is 12.9. The molecule has 2 aromatic carbocycles. The minimum atomic E-state index is -0.419. The number of hydrogen-bond acceptors (Lipinski definition) is 3. The van der Waals surface area contributed by atoms with Crippen LogP contribution in [0.1, 0.15) is 15.9 Å². The normalized spacial score (nSPS) is 10.3. The minimum Gasteiger partial charge on any atom is -0.486 e. The van der Waals surface area contributed by atoms with Gasteiger partial charge in [0.1, 0.15) is 6.61 Å². The van der Waals surface area contributed by atoms with Crippen molar-refractivity contribution >= 4 is 49.4 Å². The molecule has 110 valence electrons. The zero-order valence-corrected chi connectivity index (χ0v) is 14.6. The Labute approximate surface area is 143 Å². The van der Waals surface area contributed by atoms with Gasteiger partial charge in [-0.2, -0.15) is 0 Å². The predicted octanol–water partition coefficient (Wildman–Crippen LogP) is 4.05. The monoisotopic (exact) mass is 432 g/mol. The number of halogens is 3. The van der Waals surface area contributed by atoms with Gasteiger partial charge in [-0.25, -0.2) is 5.84 Å². The van der Waals surface area contributed by atoms with E-state index in [1.807, 2.05) is 24.3 Å². The highest BCUT2D eigenvalue weighted by atomic mass is 79.9. The number of rotatable bonds is 4. The third kappa shape index (κ3) is 4.20. The second-order valence-electron chi connectivity index (χ2n) is 4.16. The van der Waals surface area contributed by atoms with Crippen LogP contribution in [0.3, 0.4) is 0 Å². The van der Waals surface area contributed by atoms with Crippen LogP contribution in [0.4, 0.5) is 0 Å². The van der Waals surface area contributed by atoms with E-state index in [2.05, 4.69) is 37.3 Å². The Morgan fingerprint density at radius 2 is 1.90 bits per heavy atom. The lowest BCUT2D eigenvalue weighted by Crippen LogP contribution is -2.29. The number of carbonyl (C=O) groups is 1. The Morgan fingerprint density at radius 1 is 1.24 bits per heavy atom. The predicted molar refractivity (Wildman–Crippen MR) is 89.3 cm³/mol. The maximum Gasteiger partial charge on any atom is 0.265 e. The van der Waals surface area contributed by atoms with Crippen LogP contribution in [0.25, 0.3) is 0 Å². The van der Waals surface area contributed by atoms with Gasteiger partial charge in [-0.1, -0.05) is 39.7 Å². The Hall–Kier alpha value is -1.08. The fraction of sp³-hybridized carbons (Fsp3) is 0.0714. The molecule has 1 amide bonds. The van der Waals surface area contributed by atoms with E-state index in [1.165, 1.54) is 6.07 Å². The van der Waals surface area contributed by atoms with E-state index in [1.54, 1.807) is 6.07 Å². The van der Waals surface area contributed by atoms with E-state index in [-0.39, 0.29) is 0 Å². The lowest BCUT2D eigenvalue weighted by Gasteiger charge is -2.12. The van der Waals surface area contributed by atoms with Gasteiger partial charge in [0.2, 0.25) is 0 Å². The lowest BCUT2D eigenvalue weighted by molar-refractivity contribution is 0.0953. The van der Waals surface area contributed by atoms with Gasteiger partial charge in [-0.05, 0) is 45.8 Å². The molecule has 0 aliphatic rings. The zero-order chi connectivity index (χ0) is 15.4. The van der Waals surface area contributed by atoms with Crippen molar-refractivity contribution in [2.45, 2.75) is 6.61 Å². The molecule has 0 aliphatic carbocycles. The Balaban J connectivity index is 2.17. The van der Waals surface area contributed by atoms with Crippen LogP contribution in [-0.4, -0.2) is 5.91 Å². The summed E-state index contributed by atoms with van der Waals surface area (Å²) in [5, 5.41) is 0.333. The largest absolute Gasteiger partial charge is 0.486 e. The first-order valence-electron chi connectivity index (χ1n) is 5.88. The van der Waals surface area contributed by atoms with Gasteiger partial charge in [0.25, 0.3) is 5.91 Å². The van der Waals surface area contributed by atoms with E-state index in [0.717, 1.165) is 10.0 Å². The molecule has 3 N–H and O–H groups in total. The van der Waals surface area contributed by atoms with Crippen molar-refractivity contribution < 1.29 is 9.53 Å². The number of benzene rings is 2. The van der Waals surface area contributed by atoms with E-state index >= 15 is 0 Å². The van der Waals surface area contributed by atoms with Crippen LogP contribution < -0.4 is 16.0 Å². The summed E-state index contributed by atoms with van der Waals surface area (Å²) in [7, 11) is 0. The molecule has 21 heavy (non-hydrogen) atoms. The first-order chi connectivity index (χ1) is 10.0. The molecule has 0 fully saturated rings. The lowest BCUT2D eigenvalue weighted by atomic mass is 10.2. The molecule has 0 aliphatic heterocycles. The van der Waals surface area contributed by atoms with Gasteiger partial charge < -0.3 is 4.74 Å². The molecule has 2 aromatic rings. The summed E-state index contributed by atoms with van der Waals surface area (Å²) in [6.45, 7) is 0.369. The molecule has 0 heterocycles. The molecule has 7 heteroatoms. The van der Waals surface area contributed by atoms with Crippen molar-refractivity contribution in [3.05, 3.63) is 61.5 Å². The second kappa shape index (κ2) is 7.26. The molecule has 0 atom stereocenters. The van der Waals surface area contributed by atoms with Crippen LogP contribution in [0.5, 0.6) is 5.75 Å². The summed E-state index contributed by atoms with van der Waals surface area (Å²) in [5.74, 6) is 5.16. The fourth-order valence-electron chi connectivity index (χ4n) is 1.65. The number of nitrogen functional groups attached to an aromatic ring is 1. The highest BCUT2D eigenvalue weighted by Gasteiger charge is 2.13. The number of hydrogen-bond donors (Lipinski definition) is 2. The second-order valence-corrected chi connectivity index (χ2v) is 6.33.